The molecule has 4 rings (SSSR count). The highest BCUT2D eigenvalue weighted by molar-refractivity contribution is 5.93. The van der Waals surface area contributed by atoms with Crippen molar-refractivity contribution in [1.82, 2.24) is 19.3 Å². The first kappa shape index (κ1) is 21.9. The number of hydrogen-bond donors (Lipinski definition) is 1. The highest BCUT2D eigenvalue weighted by Crippen LogP contribution is 2.17. The van der Waals surface area contributed by atoms with Crippen molar-refractivity contribution in [2.24, 2.45) is 0 Å². The number of carbonyl (C=O) groups is 2. The van der Waals surface area contributed by atoms with Crippen LogP contribution < -0.4 is 10.9 Å². The second kappa shape index (κ2) is 9.07. The van der Waals surface area contributed by atoms with Gasteiger partial charge in [0.2, 0.25) is 5.91 Å². The molecule has 168 valence electrons. The summed E-state index contributed by atoms with van der Waals surface area (Å²) < 4.78 is 7.78. The summed E-state index contributed by atoms with van der Waals surface area (Å²) in [7, 11) is 0. The molecule has 0 saturated carbocycles. The predicted octanol–water partition coefficient (Wildman–Crippen LogP) is 3.01. The van der Waals surface area contributed by atoms with E-state index in [1.54, 1.807) is 35.9 Å². The van der Waals surface area contributed by atoms with Crippen LogP contribution in [0, 0.1) is 13.8 Å². The number of rotatable bonds is 6. The van der Waals surface area contributed by atoms with Crippen LogP contribution in [0.3, 0.4) is 0 Å². The zero-order chi connectivity index (χ0) is 23.5. The van der Waals surface area contributed by atoms with Gasteiger partial charge in [-0.15, -0.1) is 0 Å². The minimum Gasteiger partial charge on any atom is -0.462 e. The second-order valence-corrected chi connectivity index (χ2v) is 7.59. The highest BCUT2D eigenvalue weighted by Gasteiger charge is 2.14. The Morgan fingerprint density at radius 3 is 2.52 bits per heavy atom. The maximum absolute atomic E-state index is 12.9. The summed E-state index contributed by atoms with van der Waals surface area (Å²) in [5, 5.41) is 7.35. The molecule has 0 aliphatic carbocycles. The molecule has 33 heavy (non-hydrogen) atoms. The Hall–Kier alpha value is -4.27. The molecule has 0 unspecified atom stereocenters. The predicted molar refractivity (Wildman–Crippen MR) is 124 cm³/mol. The number of fused-ring (bicyclic) bond motifs is 1. The van der Waals surface area contributed by atoms with Gasteiger partial charge in [-0.05, 0) is 68.3 Å². The second-order valence-electron chi connectivity index (χ2n) is 7.59. The fourth-order valence-corrected chi connectivity index (χ4v) is 3.37. The summed E-state index contributed by atoms with van der Waals surface area (Å²) in [6.45, 7) is 5.84. The first-order chi connectivity index (χ1) is 15.9. The van der Waals surface area contributed by atoms with Crippen molar-refractivity contribution >= 4 is 28.6 Å². The van der Waals surface area contributed by atoms with Gasteiger partial charge in [0.05, 0.1) is 24.1 Å². The van der Waals surface area contributed by atoms with E-state index >= 15 is 0 Å². The lowest BCUT2D eigenvalue weighted by Gasteiger charge is -2.09. The number of aryl methyl sites for hydroxylation is 2. The average molecular weight is 445 g/mol. The lowest BCUT2D eigenvalue weighted by molar-refractivity contribution is -0.116. The summed E-state index contributed by atoms with van der Waals surface area (Å²) in [5.41, 5.74) is 4.03. The van der Waals surface area contributed by atoms with Gasteiger partial charge >= 0.3 is 5.97 Å². The van der Waals surface area contributed by atoms with E-state index in [1.807, 2.05) is 32.0 Å². The minimum atomic E-state index is -0.428. The summed E-state index contributed by atoms with van der Waals surface area (Å²) in [6.07, 6.45) is 2.80. The monoisotopic (exact) mass is 445 g/mol. The number of benzene rings is 2. The molecule has 2 aromatic heterocycles. The fraction of sp³-hybridized carbons (Fsp3) is 0.208. The normalized spacial score (nSPS) is 10.9. The number of aromatic nitrogens is 4. The molecule has 2 aromatic carbocycles. The molecule has 0 atom stereocenters. The van der Waals surface area contributed by atoms with Gasteiger partial charge in [0.1, 0.15) is 18.3 Å². The van der Waals surface area contributed by atoms with E-state index in [-0.39, 0.29) is 18.7 Å². The third kappa shape index (κ3) is 4.52. The third-order valence-electron chi connectivity index (χ3n) is 5.28. The first-order valence-electron chi connectivity index (χ1n) is 10.4. The van der Waals surface area contributed by atoms with Crippen molar-refractivity contribution in [3.05, 3.63) is 82.0 Å². The smallest absolute Gasteiger partial charge is 0.338 e. The van der Waals surface area contributed by atoms with E-state index in [1.165, 1.54) is 17.1 Å². The van der Waals surface area contributed by atoms with E-state index < -0.39 is 11.9 Å². The zero-order valence-electron chi connectivity index (χ0n) is 18.5. The van der Waals surface area contributed by atoms with Crippen molar-refractivity contribution < 1.29 is 14.3 Å². The van der Waals surface area contributed by atoms with Gasteiger partial charge in [0.15, 0.2) is 5.65 Å². The topological polar surface area (TPSA) is 108 Å². The molecule has 0 radical (unpaired) electrons. The minimum absolute atomic E-state index is 0.212. The Labute approximate surface area is 189 Å². The van der Waals surface area contributed by atoms with Gasteiger partial charge in [-0.1, -0.05) is 6.07 Å². The Bertz CT molecular complexity index is 1400. The fourth-order valence-electron chi connectivity index (χ4n) is 3.37. The molecule has 0 saturated heterocycles. The van der Waals surface area contributed by atoms with Crippen molar-refractivity contribution in [3.8, 4) is 5.69 Å². The van der Waals surface area contributed by atoms with Crippen LogP contribution >= 0.6 is 0 Å². The van der Waals surface area contributed by atoms with Crippen LogP contribution in [0.25, 0.3) is 16.7 Å². The first-order valence-corrected chi connectivity index (χ1v) is 10.4. The standard InChI is InChI=1S/C24H23N5O4/c1-4-33-24(32)17-6-8-18(9-7-17)27-21(30)13-28-14-25-22-20(23(28)31)12-26-29(22)19-10-5-15(2)16(3)11-19/h5-12,14H,4,13H2,1-3H3,(H,27,30). The molecule has 0 bridgehead atoms. The zero-order valence-corrected chi connectivity index (χ0v) is 18.5. The third-order valence-corrected chi connectivity index (χ3v) is 5.28. The Kier molecular flexibility index (Phi) is 6.03. The van der Waals surface area contributed by atoms with E-state index in [0.717, 1.165) is 16.8 Å². The number of anilines is 1. The Morgan fingerprint density at radius 1 is 1.06 bits per heavy atom. The highest BCUT2D eigenvalue weighted by atomic mass is 16.5. The van der Waals surface area contributed by atoms with E-state index in [9.17, 15) is 14.4 Å². The van der Waals surface area contributed by atoms with Gasteiger partial charge in [-0.3, -0.25) is 14.2 Å². The van der Waals surface area contributed by atoms with E-state index in [4.69, 9.17) is 4.74 Å². The molecule has 0 spiro atoms. The number of nitrogens with zero attached hydrogens (tertiary/aromatic N) is 4. The molecule has 2 heterocycles. The van der Waals surface area contributed by atoms with Gasteiger partial charge in [0.25, 0.3) is 5.56 Å². The molecular weight excluding hydrogens is 422 g/mol. The van der Waals surface area contributed by atoms with Crippen LogP contribution in [0.1, 0.15) is 28.4 Å². The van der Waals surface area contributed by atoms with E-state index in [0.29, 0.717) is 22.3 Å². The van der Waals surface area contributed by atoms with Crippen LogP contribution in [-0.2, 0) is 16.1 Å². The molecule has 1 N–H and O–H groups in total. The van der Waals surface area contributed by atoms with Crippen LogP contribution in [0.4, 0.5) is 5.69 Å². The molecule has 0 aliphatic heterocycles. The average Bonchev–Trinajstić information content (AvgIpc) is 3.23. The quantitative estimate of drug-likeness (QED) is 0.457. The summed E-state index contributed by atoms with van der Waals surface area (Å²) in [5.74, 6) is -0.827. The molecule has 0 aliphatic rings. The van der Waals surface area contributed by atoms with Crippen molar-refractivity contribution in [2.45, 2.75) is 27.3 Å². The lowest BCUT2D eigenvalue weighted by atomic mass is 10.1. The summed E-state index contributed by atoms with van der Waals surface area (Å²) in [6, 6.07) is 12.2. The van der Waals surface area contributed by atoms with Gasteiger partial charge in [-0.25, -0.2) is 14.5 Å². The van der Waals surface area contributed by atoms with Crippen molar-refractivity contribution in [1.29, 1.82) is 0 Å². The van der Waals surface area contributed by atoms with Crippen molar-refractivity contribution in [3.63, 3.8) is 0 Å². The van der Waals surface area contributed by atoms with Gasteiger partial charge in [0, 0.05) is 5.69 Å². The number of esters is 1. The number of hydrogen-bond acceptors (Lipinski definition) is 6. The number of amides is 1. The lowest BCUT2D eigenvalue weighted by Crippen LogP contribution is -2.27. The van der Waals surface area contributed by atoms with Crippen LogP contribution in [0.2, 0.25) is 0 Å². The van der Waals surface area contributed by atoms with Crippen LogP contribution in [0.5, 0.6) is 0 Å². The van der Waals surface area contributed by atoms with Crippen molar-refractivity contribution in [2.75, 3.05) is 11.9 Å². The molecule has 9 nitrogen and oxygen atoms in total. The van der Waals surface area contributed by atoms with Crippen LogP contribution in [-0.4, -0.2) is 37.8 Å². The van der Waals surface area contributed by atoms with Gasteiger partial charge in [-0.2, -0.15) is 5.10 Å². The van der Waals surface area contributed by atoms with Gasteiger partial charge < -0.3 is 10.1 Å². The van der Waals surface area contributed by atoms with E-state index in [2.05, 4.69) is 15.4 Å². The summed E-state index contributed by atoms with van der Waals surface area (Å²) in [4.78, 5) is 41.5. The Balaban J connectivity index is 1.51. The largest absolute Gasteiger partial charge is 0.462 e. The molecule has 0 fully saturated rings. The number of ether oxygens (including phenoxy) is 1. The maximum atomic E-state index is 12.9. The van der Waals surface area contributed by atoms with Crippen LogP contribution in [0.15, 0.2) is 59.8 Å². The number of nitrogens with one attached hydrogen (secondary N) is 1. The maximum Gasteiger partial charge on any atom is 0.338 e. The Morgan fingerprint density at radius 2 is 1.82 bits per heavy atom. The molecule has 9 heteroatoms. The SMILES string of the molecule is CCOC(=O)c1ccc(NC(=O)Cn2cnc3c(cnn3-c3ccc(C)c(C)c3)c2=O)cc1. The summed E-state index contributed by atoms with van der Waals surface area (Å²) >= 11 is 0. The molecule has 1 amide bonds. The molecular formula is C24H23N5O4. The molecule has 4 aromatic rings. The number of carbonyl (C=O) groups excluding carboxylic acids is 2.